The van der Waals surface area contributed by atoms with Gasteiger partial charge in [0, 0.05) is 31.0 Å². The molecule has 5 heteroatoms. The first kappa shape index (κ1) is 13.1. The predicted octanol–water partition coefficient (Wildman–Crippen LogP) is 1.78. The summed E-state index contributed by atoms with van der Waals surface area (Å²) >= 11 is 0. The minimum absolute atomic E-state index is 0.0410. The number of hydrogen-bond acceptors (Lipinski definition) is 3. The molecule has 0 aliphatic rings. The van der Waals surface area contributed by atoms with Crippen LogP contribution in [-0.4, -0.2) is 22.0 Å². The topological polar surface area (TPSA) is 59.0 Å². The van der Waals surface area contributed by atoms with Crippen LogP contribution in [0, 0.1) is 0 Å². The maximum Gasteiger partial charge on any atom is 0.251 e. The number of nitrogens with zero attached hydrogens (tertiary/aromatic N) is 2. The zero-order chi connectivity index (χ0) is 13.7. The van der Waals surface area contributed by atoms with Crippen molar-refractivity contribution in [3.05, 3.63) is 48.0 Å². The van der Waals surface area contributed by atoms with Crippen LogP contribution in [0.15, 0.2) is 36.8 Å². The van der Waals surface area contributed by atoms with E-state index in [0.29, 0.717) is 18.7 Å². The minimum atomic E-state index is -0.0410. The molecule has 0 saturated heterocycles. The molecule has 2 rings (SSSR count). The van der Waals surface area contributed by atoms with Crippen LogP contribution in [0.3, 0.4) is 0 Å². The quantitative estimate of drug-likeness (QED) is 0.859. The molecule has 5 nitrogen and oxygen atoms in total. The van der Waals surface area contributed by atoms with Gasteiger partial charge >= 0.3 is 0 Å². The van der Waals surface area contributed by atoms with Crippen LogP contribution in [0.5, 0.6) is 0 Å². The molecule has 100 valence electrons. The Hall–Kier alpha value is -2.30. The monoisotopic (exact) mass is 258 g/mol. The summed E-state index contributed by atoms with van der Waals surface area (Å²) in [5.74, 6) is -0.0410. The SMILES string of the molecule is CCNC(=O)c1ccc(NCc2cncn2C)cc1. The Morgan fingerprint density at radius 2 is 2.05 bits per heavy atom. The van der Waals surface area contributed by atoms with Crippen LogP contribution in [0.4, 0.5) is 5.69 Å². The lowest BCUT2D eigenvalue weighted by Crippen LogP contribution is -2.22. The number of carbonyl (C=O) groups excluding carboxylic acids is 1. The highest BCUT2D eigenvalue weighted by molar-refractivity contribution is 5.94. The summed E-state index contributed by atoms with van der Waals surface area (Å²) in [5.41, 5.74) is 2.76. The lowest BCUT2D eigenvalue weighted by molar-refractivity contribution is 0.0956. The average Bonchev–Trinajstić information content (AvgIpc) is 2.83. The highest BCUT2D eigenvalue weighted by Gasteiger charge is 2.03. The summed E-state index contributed by atoms with van der Waals surface area (Å²) in [5, 5.41) is 6.07. The van der Waals surface area contributed by atoms with E-state index >= 15 is 0 Å². The van der Waals surface area contributed by atoms with E-state index in [1.807, 2.05) is 49.0 Å². The fourth-order valence-electron chi connectivity index (χ4n) is 1.75. The second-order valence-electron chi connectivity index (χ2n) is 4.29. The molecule has 0 aliphatic carbocycles. The van der Waals surface area contributed by atoms with E-state index in [-0.39, 0.29) is 5.91 Å². The number of rotatable bonds is 5. The van der Waals surface area contributed by atoms with Gasteiger partial charge in [-0.1, -0.05) is 0 Å². The largest absolute Gasteiger partial charge is 0.379 e. The number of benzene rings is 1. The number of carbonyl (C=O) groups is 1. The van der Waals surface area contributed by atoms with E-state index in [2.05, 4.69) is 15.6 Å². The fraction of sp³-hybridized carbons (Fsp3) is 0.286. The first-order valence-electron chi connectivity index (χ1n) is 6.28. The van der Waals surface area contributed by atoms with Crippen LogP contribution in [0.2, 0.25) is 0 Å². The second-order valence-corrected chi connectivity index (χ2v) is 4.29. The first-order chi connectivity index (χ1) is 9.20. The summed E-state index contributed by atoms with van der Waals surface area (Å²) in [4.78, 5) is 15.7. The molecule has 0 fully saturated rings. The second kappa shape index (κ2) is 6.04. The van der Waals surface area contributed by atoms with Crippen molar-refractivity contribution in [2.45, 2.75) is 13.5 Å². The van der Waals surface area contributed by atoms with E-state index in [0.717, 1.165) is 11.4 Å². The van der Waals surface area contributed by atoms with Gasteiger partial charge in [-0.05, 0) is 31.2 Å². The van der Waals surface area contributed by atoms with Gasteiger partial charge in [-0.15, -0.1) is 0 Å². The first-order valence-corrected chi connectivity index (χ1v) is 6.28. The van der Waals surface area contributed by atoms with E-state index < -0.39 is 0 Å². The van der Waals surface area contributed by atoms with Crippen molar-refractivity contribution in [3.63, 3.8) is 0 Å². The molecule has 0 radical (unpaired) electrons. The van der Waals surface area contributed by atoms with E-state index in [1.54, 1.807) is 6.33 Å². The molecular weight excluding hydrogens is 240 g/mol. The highest BCUT2D eigenvalue weighted by Crippen LogP contribution is 2.11. The predicted molar refractivity (Wildman–Crippen MR) is 75.0 cm³/mol. The number of imidazole rings is 1. The van der Waals surface area contributed by atoms with Crippen molar-refractivity contribution in [1.82, 2.24) is 14.9 Å². The summed E-state index contributed by atoms with van der Waals surface area (Å²) in [6.07, 6.45) is 3.60. The van der Waals surface area contributed by atoms with Crippen LogP contribution in [0.1, 0.15) is 23.0 Å². The summed E-state index contributed by atoms with van der Waals surface area (Å²) in [6.45, 7) is 3.25. The summed E-state index contributed by atoms with van der Waals surface area (Å²) in [6, 6.07) is 7.44. The maximum absolute atomic E-state index is 11.6. The molecule has 19 heavy (non-hydrogen) atoms. The Morgan fingerprint density at radius 3 is 2.63 bits per heavy atom. The molecule has 0 unspecified atom stereocenters. The zero-order valence-corrected chi connectivity index (χ0v) is 11.2. The number of anilines is 1. The molecule has 1 aromatic carbocycles. The lowest BCUT2D eigenvalue weighted by Gasteiger charge is -2.08. The number of amides is 1. The summed E-state index contributed by atoms with van der Waals surface area (Å²) < 4.78 is 1.97. The van der Waals surface area contributed by atoms with E-state index in [9.17, 15) is 4.79 Å². The Balaban J connectivity index is 1.95. The molecule has 0 aliphatic heterocycles. The van der Waals surface area contributed by atoms with E-state index in [4.69, 9.17) is 0 Å². The van der Waals surface area contributed by atoms with Gasteiger partial charge in [0.25, 0.3) is 5.91 Å². The molecule has 0 atom stereocenters. The van der Waals surface area contributed by atoms with Crippen molar-refractivity contribution in [2.24, 2.45) is 7.05 Å². The smallest absolute Gasteiger partial charge is 0.251 e. The van der Waals surface area contributed by atoms with Crippen LogP contribution < -0.4 is 10.6 Å². The van der Waals surface area contributed by atoms with Crippen LogP contribution in [0.25, 0.3) is 0 Å². The number of nitrogens with one attached hydrogen (secondary N) is 2. The van der Waals surface area contributed by atoms with Crippen LogP contribution in [-0.2, 0) is 13.6 Å². The third kappa shape index (κ3) is 3.34. The van der Waals surface area contributed by atoms with Crippen molar-refractivity contribution < 1.29 is 4.79 Å². The number of aromatic nitrogens is 2. The molecule has 1 heterocycles. The van der Waals surface area contributed by atoms with Gasteiger partial charge in [0.15, 0.2) is 0 Å². The van der Waals surface area contributed by atoms with Crippen LogP contribution >= 0.6 is 0 Å². The van der Waals surface area contributed by atoms with Crippen molar-refractivity contribution >= 4 is 11.6 Å². The molecule has 1 amide bonds. The van der Waals surface area contributed by atoms with Gasteiger partial charge in [-0.25, -0.2) is 4.98 Å². The maximum atomic E-state index is 11.6. The van der Waals surface area contributed by atoms with Crippen molar-refractivity contribution in [2.75, 3.05) is 11.9 Å². The third-order valence-electron chi connectivity index (χ3n) is 2.87. The molecule has 0 spiro atoms. The van der Waals surface area contributed by atoms with Gasteiger partial charge < -0.3 is 15.2 Å². The Morgan fingerprint density at radius 1 is 1.32 bits per heavy atom. The van der Waals surface area contributed by atoms with Gasteiger partial charge in [0.1, 0.15) is 0 Å². The van der Waals surface area contributed by atoms with Gasteiger partial charge in [0.05, 0.1) is 18.6 Å². The standard InChI is InChI=1S/C14H18N4O/c1-3-16-14(19)11-4-6-12(7-5-11)17-9-13-8-15-10-18(13)2/h4-8,10,17H,3,9H2,1-2H3,(H,16,19). The number of aryl methyl sites for hydroxylation is 1. The number of hydrogen-bond donors (Lipinski definition) is 2. The average molecular weight is 258 g/mol. The van der Waals surface area contributed by atoms with Gasteiger partial charge in [0.2, 0.25) is 0 Å². The molecular formula is C14H18N4O. The Bertz CT molecular complexity index is 545. The van der Waals surface area contributed by atoms with Gasteiger partial charge in [-0.2, -0.15) is 0 Å². The normalized spacial score (nSPS) is 10.2. The lowest BCUT2D eigenvalue weighted by atomic mass is 10.2. The molecule has 1 aromatic heterocycles. The molecule has 2 N–H and O–H groups in total. The summed E-state index contributed by atoms with van der Waals surface area (Å²) in [7, 11) is 1.96. The minimum Gasteiger partial charge on any atom is -0.379 e. The zero-order valence-electron chi connectivity index (χ0n) is 11.2. The Kier molecular flexibility index (Phi) is 4.18. The van der Waals surface area contributed by atoms with E-state index in [1.165, 1.54) is 0 Å². The van der Waals surface area contributed by atoms with Crippen molar-refractivity contribution in [3.8, 4) is 0 Å². The van der Waals surface area contributed by atoms with Crippen molar-refractivity contribution in [1.29, 1.82) is 0 Å². The van der Waals surface area contributed by atoms with Gasteiger partial charge in [-0.3, -0.25) is 4.79 Å². The molecule has 0 saturated carbocycles. The molecule has 2 aromatic rings. The molecule has 0 bridgehead atoms. The highest BCUT2D eigenvalue weighted by atomic mass is 16.1. The third-order valence-corrected chi connectivity index (χ3v) is 2.87. The Labute approximate surface area is 112 Å². The fourth-order valence-corrected chi connectivity index (χ4v) is 1.75.